The first-order chi connectivity index (χ1) is 7.93. The fraction of sp³-hybridized carbons (Fsp3) is 0. The Kier molecular flexibility index (Phi) is 2.15. The van der Waals surface area contributed by atoms with E-state index in [-0.39, 0.29) is 0 Å². The zero-order valence-corrected chi connectivity index (χ0v) is 8.72. The summed E-state index contributed by atoms with van der Waals surface area (Å²) in [7, 11) is 0. The molecule has 1 heterocycles. The molecule has 1 aromatic heterocycles. The lowest BCUT2D eigenvalue weighted by atomic mass is 10.0. The van der Waals surface area contributed by atoms with Crippen LogP contribution in [0.5, 0.6) is 0 Å². The van der Waals surface area contributed by atoms with Crippen LogP contribution in [0.25, 0.3) is 21.9 Å². The van der Waals surface area contributed by atoms with Crippen LogP contribution in [-0.2, 0) is 0 Å². The first-order valence-corrected chi connectivity index (χ1v) is 5.24. The molecule has 2 aromatic carbocycles. The average molecular weight is 204 g/mol. The molecule has 3 rings (SSSR count). The summed E-state index contributed by atoms with van der Waals surface area (Å²) in [4.78, 5) is 4.14. The first kappa shape index (κ1) is 9.10. The maximum Gasteiger partial charge on any atom is 0.0346 e. The Hall–Kier alpha value is -2.15. The van der Waals surface area contributed by atoms with Crippen molar-refractivity contribution in [2.45, 2.75) is 0 Å². The van der Waals surface area contributed by atoms with Crippen LogP contribution in [0.3, 0.4) is 0 Å². The minimum Gasteiger partial charge on any atom is -0.264 e. The Morgan fingerprint density at radius 3 is 2.81 bits per heavy atom. The van der Waals surface area contributed by atoms with Gasteiger partial charge in [-0.1, -0.05) is 36.4 Å². The van der Waals surface area contributed by atoms with E-state index in [1.165, 1.54) is 10.9 Å². The van der Waals surface area contributed by atoms with Gasteiger partial charge < -0.3 is 0 Å². The molecular formula is C15H10N. The van der Waals surface area contributed by atoms with Gasteiger partial charge in [-0.25, -0.2) is 0 Å². The zero-order chi connectivity index (χ0) is 10.8. The highest BCUT2D eigenvalue weighted by Gasteiger charge is 1.98. The van der Waals surface area contributed by atoms with Crippen LogP contribution in [-0.4, -0.2) is 4.98 Å². The second kappa shape index (κ2) is 3.78. The summed E-state index contributed by atoms with van der Waals surface area (Å²) < 4.78 is 0. The fourth-order valence-electron chi connectivity index (χ4n) is 1.83. The smallest absolute Gasteiger partial charge is 0.0346 e. The van der Waals surface area contributed by atoms with Gasteiger partial charge in [0.25, 0.3) is 0 Å². The third-order valence-electron chi connectivity index (χ3n) is 2.66. The van der Waals surface area contributed by atoms with Crippen molar-refractivity contribution >= 4 is 10.8 Å². The zero-order valence-electron chi connectivity index (χ0n) is 8.72. The van der Waals surface area contributed by atoms with Crippen molar-refractivity contribution in [3.63, 3.8) is 0 Å². The lowest BCUT2D eigenvalue weighted by molar-refractivity contribution is 1.36. The molecule has 16 heavy (non-hydrogen) atoms. The van der Waals surface area contributed by atoms with E-state index in [1.807, 2.05) is 36.7 Å². The highest BCUT2D eigenvalue weighted by molar-refractivity contribution is 5.86. The van der Waals surface area contributed by atoms with Crippen molar-refractivity contribution in [1.82, 2.24) is 4.98 Å². The Labute approximate surface area is 94.4 Å². The molecule has 0 spiro atoms. The molecule has 3 aromatic rings. The van der Waals surface area contributed by atoms with Gasteiger partial charge in [0.15, 0.2) is 0 Å². The van der Waals surface area contributed by atoms with E-state index in [0.717, 1.165) is 10.9 Å². The summed E-state index contributed by atoms with van der Waals surface area (Å²) in [6, 6.07) is 19.6. The van der Waals surface area contributed by atoms with Crippen molar-refractivity contribution in [1.29, 1.82) is 0 Å². The topological polar surface area (TPSA) is 12.9 Å². The number of hydrogen-bond acceptors (Lipinski definition) is 1. The number of rotatable bonds is 1. The summed E-state index contributed by atoms with van der Waals surface area (Å²) in [5.74, 6) is 0. The Morgan fingerprint density at radius 1 is 0.938 bits per heavy atom. The molecule has 1 radical (unpaired) electrons. The van der Waals surface area contributed by atoms with Gasteiger partial charge in [-0.15, -0.1) is 0 Å². The van der Waals surface area contributed by atoms with Gasteiger partial charge in [0, 0.05) is 17.8 Å². The van der Waals surface area contributed by atoms with Crippen LogP contribution in [0.15, 0.2) is 60.9 Å². The summed E-state index contributed by atoms with van der Waals surface area (Å²) in [6.45, 7) is 0. The monoisotopic (exact) mass is 204 g/mol. The van der Waals surface area contributed by atoms with Crippen molar-refractivity contribution < 1.29 is 0 Å². The molecule has 0 fully saturated rings. The molecule has 1 nitrogen and oxygen atoms in total. The molecule has 0 aliphatic rings. The normalized spacial score (nSPS) is 10.5. The third kappa shape index (κ3) is 1.57. The number of pyridine rings is 1. The van der Waals surface area contributed by atoms with E-state index in [1.54, 1.807) is 0 Å². The average Bonchev–Trinajstić information content (AvgIpc) is 2.39. The summed E-state index contributed by atoms with van der Waals surface area (Å²) in [5.41, 5.74) is 2.30. The van der Waals surface area contributed by atoms with Crippen molar-refractivity contribution in [3.05, 3.63) is 67.0 Å². The molecule has 1 heteroatoms. The second-order valence-electron chi connectivity index (χ2n) is 3.71. The summed E-state index contributed by atoms with van der Waals surface area (Å²) >= 11 is 0. The number of nitrogens with zero attached hydrogens (tertiary/aromatic N) is 1. The molecule has 0 aliphatic heterocycles. The van der Waals surface area contributed by atoms with Crippen LogP contribution >= 0.6 is 0 Å². The molecule has 0 aliphatic carbocycles. The molecule has 0 saturated heterocycles. The Morgan fingerprint density at radius 2 is 1.94 bits per heavy atom. The van der Waals surface area contributed by atoms with E-state index >= 15 is 0 Å². The van der Waals surface area contributed by atoms with Gasteiger partial charge in [-0.2, -0.15) is 0 Å². The SMILES string of the molecule is [c]1ccccc1-c1ccc2ccncc2c1. The van der Waals surface area contributed by atoms with E-state index in [9.17, 15) is 0 Å². The van der Waals surface area contributed by atoms with Gasteiger partial charge >= 0.3 is 0 Å². The van der Waals surface area contributed by atoms with Crippen molar-refractivity contribution in [2.75, 3.05) is 0 Å². The second-order valence-corrected chi connectivity index (χ2v) is 3.71. The largest absolute Gasteiger partial charge is 0.264 e. The minimum atomic E-state index is 1.12. The van der Waals surface area contributed by atoms with Crippen LogP contribution in [0.4, 0.5) is 0 Å². The lowest BCUT2D eigenvalue weighted by Crippen LogP contribution is -1.79. The quantitative estimate of drug-likeness (QED) is 0.589. The van der Waals surface area contributed by atoms with Crippen LogP contribution in [0.2, 0.25) is 0 Å². The Balaban J connectivity index is 2.19. The predicted molar refractivity (Wildman–Crippen MR) is 66.0 cm³/mol. The van der Waals surface area contributed by atoms with Gasteiger partial charge in [-0.3, -0.25) is 4.98 Å². The van der Waals surface area contributed by atoms with Gasteiger partial charge in [0.1, 0.15) is 0 Å². The van der Waals surface area contributed by atoms with Crippen molar-refractivity contribution in [3.8, 4) is 11.1 Å². The lowest BCUT2D eigenvalue weighted by Gasteiger charge is -2.02. The predicted octanol–water partition coefficient (Wildman–Crippen LogP) is 3.70. The maximum absolute atomic E-state index is 4.14. The van der Waals surface area contributed by atoms with E-state index in [4.69, 9.17) is 0 Å². The van der Waals surface area contributed by atoms with Crippen LogP contribution < -0.4 is 0 Å². The highest BCUT2D eigenvalue weighted by atomic mass is 14.6. The van der Waals surface area contributed by atoms with Gasteiger partial charge in [0.05, 0.1) is 0 Å². The molecule has 0 N–H and O–H groups in total. The number of benzene rings is 2. The van der Waals surface area contributed by atoms with Crippen LogP contribution in [0.1, 0.15) is 0 Å². The highest BCUT2D eigenvalue weighted by Crippen LogP contribution is 2.23. The molecule has 0 bridgehead atoms. The van der Waals surface area contributed by atoms with E-state index < -0.39 is 0 Å². The first-order valence-electron chi connectivity index (χ1n) is 5.24. The Bertz CT molecular complexity index is 614. The molecule has 75 valence electrons. The number of fused-ring (bicyclic) bond motifs is 1. The van der Waals surface area contributed by atoms with E-state index in [2.05, 4.69) is 35.3 Å². The van der Waals surface area contributed by atoms with Crippen molar-refractivity contribution in [2.24, 2.45) is 0 Å². The van der Waals surface area contributed by atoms with Crippen LogP contribution in [0, 0.1) is 6.07 Å². The number of hydrogen-bond donors (Lipinski definition) is 0. The van der Waals surface area contributed by atoms with E-state index in [0.29, 0.717) is 0 Å². The molecule has 0 unspecified atom stereocenters. The minimum absolute atomic E-state index is 1.12. The maximum atomic E-state index is 4.14. The standard InChI is InChI=1S/C15H10N/c1-2-4-12(5-3-1)14-7-6-13-8-9-16-11-15(13)10-14/h1-4,6-11H. The third-order valence-corrected chi connectivity index (χ3v) is 2.66. The molecule has 0 saturated carbocycles. The van der Waals surface area contributed by atoms with Gasteiger partial charge in [-0.05, 0) is 34.7 Å². The molecular weight excluding hydrogens is 194 g/mol. The summed E-state index contributed by atoms with van der Waals surface area (Å²) in [6.07, 6.45) is 3.71. The number of aromatic nitrogens is 1. The molecule has 0 atom stereocenters. The fourth-order valence-corrected chi connectivity index (χ4v) is 1.83. The van der Waals surface area contributed by atoms with Gasteiger partial charge in [0.2, 0.25) is 0 Å². The summed E-state index contributed by atoms with van der Waals surface area (Å²) in [5, 5.41) is 2.38. The molecule has 0 amide bonds.